The zero-order valence-corrected chi connectivity index (χ0v) is 12.1. The zero-order chi connectivity index (χ0) is 14.0. The molecule has 0 aromatic heterocycles. The van der Waals surface area contributed by atoms with Crippen LogP contribution in [0.3, 0.4) is 0 Å². The molecule has 1 heterocycles. The highest BCUT2D eigenvalue weighted by Gasteiger charge is 2.65. The first-order valence-electron chi connectivity index (χ1n) is 7.39. The van der Waals surface area contributed by atoms with E-state index in [2.05, 4.69) is 20.4 Å². The van der Waals surface area contributed by atoms with Gasteiger partial charge in [0.25, 0.3) is 0 Å². The van der Waals surface area contributed by atoms with Gasteiger partial charge in [-0.05, 0) is 25.7 Å². The maximum Gasteiger partial charge on any atom is 0.309 e. The van der Waals surface area contributed by atoms with Crippen LogP contribution < -0.4 is 0 Å². The Balaban J connectivity index is 2.08. The first-order valence-corrected chi connectivity index (χ1v) is 7.39. The van der Waals surface area contributed by atoms with Gasteiger partial charge in [0.1, 0.15) is 6.10 Å². The van der Waals surface area contributed by atoms with Crippen LogP contribution in [0.5, 0.6) is 0 Å². The first kappa shape index (κ1) is 13.2. The van der Waals surface area contributed by atoms with Gasteiger partial charge in [-0.1, -0.05) is 32.9 Å². The van der Waals surface area contributed by atoms with E-state index < -0.39 is 0 Å². The highest BCUT2D eigenvalue weighted by molar-refractivity contribution is 5.75. The predicted octanol–water partition coefficient (Wildman–Crippen LogP) is 2.68. The van der Waals surface area contributed by atoms with E-state index in [1.54, 1.807) is 0 Å². The lowest BCUT2D eigenvalue weighted by Gasteiger charge is -2.60. The Kier molecular flexibility index (Phi) is 2.66. The van der Waals surface area contributed by atoms with Gasteiger partial charge in [0.05, 0.1) is 12.0 Å². The molecule has 3 nitrogen and oxygen atoms in total. The van der Waals surface area contributed by atoms with Gasteiger partial charge in [-0.3, -0.25) is 4.79 Å². The predicted molar refractivity (Wildman–Crippen MR) is 72.4 cm³/mol. The van der Waals surface area contributed by atoms with E-state index in [1.807, 2.05) is 6.92 Å². The van der Waals surface area contributed by atoms with Gasteiger partial charge >= 0.3 is 5.97 Å². The van der Waals surface area contributed by atoms with Crippen molar-refractivity contribution in [3.05, 3.63) is 12.2 Å². The summed E-state index contributed by atoms with van der Waals surface area (Å²) in [5.41, 5.74) is 0.652. The normalized spacial score (nSPS) is 53.5. The summed E-state index contributed by atoms with van der Waals surface area (Å²) in [6, 6.07) is 0. The zero-order valence-electron chi connectivity index (χ0n) is 12.1. The van der Waals surface area contributed by atoms with Gasteiger partial charge in [0, 0.05) is 16.7 Å². The minimum Gasteiger partial charge on any atom is -0.461 e. The van der Waals surface area contributed by atoms with Gasteiger partial charge in [-0.25, -0.2) is 0 Å². The molecule has 1 saturated heterocycles. The smallest absolute Gasteiger partial charge is 0.309 e. The highest BCUT2D eigenvalue weighted by Crippen LogP contribution is 2.64. The lowest BCUT2D eigenvalue weighted by Crippen LogP contribution is -2.60. The molecule has 19 heavy (non-hydrogen) atoms. The van der Waals surface area contributed by atoms with E-state index in [-0.39, 0.29) is 40.8 Å². The molecule has 0 unspecified atom stereocenters. The van der Waals surface area contributed by atoms with Crippen LogP contribution in [0.15, 0.2) is 12.2 Å². The van der Waals surface area contributed by atoms with E-state index >= 15 is 0 Å². The summed E-state index contributed by atoms with van der Waals surface area (Å²) in [5, 5.41) is 10.5. The molecule has 3 heteroatoms. The molecule has 6 atom stereocenters. The molecule has 3 aliphatic rings. The van der Waals surface area contributed by atoms with E-state index in [0.717, 1.165) is 31.3 Å². The number of carbonyl (C=O) groups is 1. The van der Waals surface area contributed by atoms with E-state index in [1.165, 1.54) is 0 Å². The third-order valence-electron chi connectivity index (χ3n) is 6.59. The molecule has 3 rings (SSSR count). The van der Waals surface area contributed by atoms with Gasteiger partial charge in [0.2, 0.25) is 0 Å². The number of hydrogen-bond acceptors (Lipinski definition) is 3. The van der Waals surface area contributed by atoms with E-state index in [9.17, 15) is 9.90 Å². The van der Waals surface area contributed by atoms with Crippen molar-refractivity contribution >= 4 is 5.97 Å². The van der Waals surface area contributed by atoms with Gasteiger partial charge in [-0.2, -0.15) is 0 Å². The summed E-state index contributed by atoms with van der Waals surface area (Å²) in [6.45, 7) is 10.5. The second-order valence-electron chi connectivity index (χ2n) is 7.13. The Morgan fingerprint density at radius 3 is 2.74 bits per heavy atom. The van der Waals surface area contributed by atoms with Crippen LogP contribution in [0.4, 0.5) is 0 Å². The van der Waals surface area contributed by atoms with Crippen LogP contribution in [-0.4, -0.2) is 23.3 Å². The van der Waals surface area contributed by atoms with Crippen molar-refractivity contribution in [1.82, 2.24) is 0 Å². The molecule has 0 radical (unpaired) electrons. The van der Waals surface area contributed by atoms with Crippen molar-refractivity contribution in [2.24, 2.45) is 22.7 Å². The lowest BCUT2D eigenvalue weighted by atomic mass is 9.46. The average molecular weight is 264 g/mol. The Bertz CT molecular complexity index is 443. The van der Waals surface area contributed by atoms with Crippen LogP contribution in [0, 0.1) is 22.7 Å². The van der Waals surface area contributed by atoms with Crippen molar-refractivity contribution in [2.45, 2.75) is 58.7 Å². The van der Waals surface area contributed by atoms with Crippen LogP contribution in [0.25, 0.3) is 0 Å². The topological polar surface area (TPSA) is 46.5 Å². The molecule has 0 amide bonds. The molecule has 2 saturated carbocycles. The van der Waals surface area contributed by atoms with Gasteiger partial charge in [-0.15, -0.1) is 0 Å². The summed E-state index contributed by atoms with van der Waals surface area (Å²) >= 11 is 0. The molecule has 3 fully saturated rings. The number of aliphatic hydroxyl groups is 1. The minimum absolute atomic E-state index is 0.0155. The first-order chi connectivity index (χ1) is 8.82. The summed E-state index contributed by atoms with van der Waals surface area (Å²) < 4.78 is 5.72. The molecular weight excluding hydrogens is 240 g/mol. The largest absolute Gasteiger partial charge is 0.461 e. The number of fused-ring (bicyclic) bond motifs is 3. The number of aliphatic hydroxyl groups excluding tert-OH is 1. The van der Waals surface area contributed by atoms with Crippen molar-refractivity contribution in [2.75, 3.05) is 0 Å². The number of carbonyl (C=O) groups excluding carboxylic acids is 1. The van der Waals surface area contributed by atoms with Crippen molar-refractivity contribution in [3.8, 4) is 0 Å². The maximum atomic E-state index is 11.9. The maximum absolute atomic E-state index is 11.9. The Hall–Kier alpha value is -0.830. The number of hydrogen-bond donors (Lipinski definition) is 1. The molecule has 1 aliphatic heterocycles. The Labute approximate surface area is 115 Å². The van der Waals surface area contributed by atoms with Crippen LogP contribution >= 0.6 is 0 Å². The Morgan fingerprint density at radius 2 is 2.05 bits per heavy atom. The number of ether oxygens (including phenoxy) is 1. The molecule has 0 spiro atoms. The quantitative estimate of drug-likeness (QED) is 0.540. The van der Waals surface area contributed by atoms with Crippen LogP contribution in [0.1, 0.15) is 46.5 Å². The van der Waals surface area contributed by atoms with Crippen LogP contribution in [0.2, 0.25) is 0 Å². The Morgan fingerprint density at radius 1 is 1.37 bits per heavy atom. The van der Waals surface area contributed by atoms with Crippen LogP contribution in [-0.2, 0) is 9.53 Å². The molecule has 1 N–H and O–H groups in total. The summed E-state index contributed by atoms with van der Waals surface area (Å²) in [6.07, 6.45) is 3.11. The summed E-state index contributed by atoms with van der Waals surface area (Å²) in [7, 11) is 0. The second kappa shape index (κ2) is 3.85. The molecule has 0 bridgehead atoms. The third-order valence-corrected chi connectivity index (χ3v) is 6.59. The molecular formula is C16H24O3. The fraction of sp³-hybridized carbons (Fsp3) is 0.812. The average Bonchev–Trinajstić information content (AvgIpc) is 2.66. The van der Waals surface area contributed by atoms with Crippen molar-refractivity contribution in [1.29, 1.82) is 0 Å². The standard InChI is InChI=1S/C16H24O3/c1-9-5-6-12(17)15(3)8-7-11-10(2)14(18)19-13(11)16(9,15)4/h10-13,17H,1,5-8H2,2-4H3/t10-,11-,12+,13-,15-,16+/m0/s1. The van der Waals surface area contributed by atoms with Gasteiger partial charge in [0.15, 0.2) is 0 Å². The monoisotopic (exact) mass is 264 g/mol. The summed E-state index contributed by atoms with van der Waals surface area (Å²) in [5.74, 6) is 0.194. The lowest BCUT2D eigenvalue weighted by molar-refractivity contribution is -0.172. The van der Waals surface area contributed by atoms with E-state index in [4.69, 9.17) is 4.74 Å². The summed E-state index contributed by atoms with van der Waals surface area (Å²) in [4.78, 5) is 11.9. The SMILES string of the molecule is C=C1CC[C@@H](O)[C@]2(C)CC[C@H]3[C@H](C)C(=O)O[C@@H]3[C@@]12C. The van der Waals surface area contributed by atoms with Crippen molar-refractivity contribution in [3.63, 3.8) is 0 Å². The number of rotatable bonds is 0. The van der Waals surface area contributed by atoms with Crippen molar-refractivity contribution < 1.29 is 14.6 Å². The second-order valence-corrected chi connectivity index (χ2v) is 7.13. The molecule has 0 aromatic carbocycles. The third kappa shape index (κ3) is 1.40. The van der Waals surface area contributed by atoms with Gasteiger partial charge < -0.3 is 9.84 Å². The van der Waals surface area contributed by atoms with E-state index in [0.29, 0.717) is 0 Å². The minimum atomic E-state index is -0.321. The fourth-order valence-electron chi connectivity index (χ4n) is 4.76. The molecule has 106 valence electrons. The molecule has 0 aromatic rings. The number of esters is 1. The molecule has 2 aliphatic carbocycles. The fourth-order valence-corrected chi connectivity index (χ4v) is 4.76. The highest BCUT2D eigenvalue weighted by atomic mass is 16.6.